The van der Waals surface area contributed by atoms with Crippen LogP contribution in [0.5, 0.6) is 0 Å². The van der Waals surface area contributed by atoms with E-state index in [0.717, 1.165) is 0 Å². The molecule has 0 unspecified atom stereocenters. The number of hydrogen-bond donors (Lipinski definition) is 2. The fourth-order valence-electron chi connectivity index (χ4n) is 0. The molecular weight excluding hydrogens is 404 g/mol. The molecule has 2 N–H and O–H groups in total. The molecule has 0 radical (unpaired) electrons. The number of ketones is 1. The minimum absolute atomic E-state index is 0.00463. The quantitative estimate of drug-likeness (QED) is 0.540. The van der Waals surface area contributed by atoms with E-state index in [0.29, 0.717) is 0 Å². The summed E-state index contributed by atoms with van der Waals surface area (Å²) in [7, 11) is 9.95. The van der Waals surface area contributed by atoms with Crippen molar-refractivity contribution in [1.82, 2.24) is 10.6 Å². The summed E-state index contributed by atoms with van der Waals surface area (Å²) in [5.41, 5.74) is 0. The van der Waals surface area contributed by atoms with Crippen molar-refractivity contribution in [2.45, 2.75) is 34.6 Å². The second-order valence-corrected chi connectivity index (χ2v) is 6.22. The first-order valence-electron chi connectivity index (χ1n) is 7.92. The number of nitrogens with one attached hydrogen (secondary N) is 2. The summed E-state index contributed by atoms with van der Waals surface area (Å²) in [5.74, 6) is -0.0741. The zero-order valence-electron chi connectivity index (χ0n) is 20.3. The van der Waals surface area contributed by atoms with Crippen LogP contribution in [0.3, 0.4) is 0 Å². The highest BCUT2D eigenvalue weighted by molar-refractivity contribution is 8.12. The molecule has 0 bridgehead atoms. The van der Waals surface area contributed by atoms with Gasteiger partial charge in [-0.25, -0.2) is 0 Å². The molecule has 1 amide bonds. The number of rotatable bonds is 0. The Morgan fingerprint density at radius 2 is 0.857 bits per heavy atom. The van der Waals surface area contributed by atoms with Crippen LogP contribution in [0, 0.1) is 0 Å². The van der Waals surface area contributed by atoms with Gasteiger partial charge in [0.25, 0.3) is 0 Å². The normalized spacial score (nSPS) is 6.64. The highest BCUT2D eigenvalue weighted by Crippen LogP contribution is 1.88. The SMILES string of the molecule is CC(C)=O.CNC.CNC(C)=O.COC.COC(C)=O.CSC.CSC(C)=O. The Kier molecular flexibility index (Phi) is 91.5. The molecule has 0 saturated heterocycles. The number of methoxy groups -OCH3 is 2. The lowest BCUT2D eigenvalue weighted by atomic mass is 10.6. The van der Waals surface area contributed by atoms with Crippen LogP contribution >= 0.6 is 23.5 Å². The minimum Gasteiger partial charge on any atom is -0.469 e. The van der Waals surface area contributed by atoms with Crippen LogP contribution in [0.1, 0.15) is 34.6 Å². The van der Waals surface area contributed by atoms with Crippen LogP contribution in [-0.4, -0.2) is 84.0 Å². The summed E-state index contributed by atoms with van der Waals surface area (Å²) in [4.78, 5) is 38.5. The van der Waals surface area contributed by atoms with Gasteiger partial charge >= 0.3 is 5.97 Å². The monoisotopic (exact) mass is 448 g/mol. The molecule has 0 aromatic carbocycles. The van der Waals surface area contributed by atoms with Crippen molar-refractivity contribution in [1.29, 1.82) is 0 Å². The summed E-state index contributed by atoms with van der Waals surface area (Å²) in [6.07, 6.45) is 5.85. The Morgan fingerprint density at radius 3 is 0.857 bits per heavy atom. The van der Waals surface area contributed by atoms with Gasteiger partial charge in [-0.1, -0.05) is 11.8 Å². The van der Waals surface area contributed by atoms with Gasteiger partial charge < -0.3 is 24.9 Å². The average molecular weight is 449 g/mol. The van der Waals surface area contributed by atoms with E-state index in [1.165, 1.54) is 46.6 Å². The lowest BCUT2D eigenvalue weighted by Crippen LogP contribution is -2.11. The summed E-state index contributed by atoms with van der Waals surface area (Å²) in [5, 5.41) is 5.31. The van der Waals surface area contributed by atoms with Gasteiger partial charge in [0.15, 0.2) is 5.12 Å². The molecule has 0 aliphatic heterocycles. The van der Waals surface area contributed by atoms with Crippen LogP contribution in [0.15, 0.2) is 0 Å². The second kappa shape index (κ2) is 56.2. The first-order chi connectivity index (χ1) is 12.8. The van der Waals surface area contributed by atoms with E-state index in [9.17, 15) is 19.2 Å². The van der Waals surface area contributed by atoms with Gasteiger partial charge in [-0.15, -0.1) is 0 Å². The third kappa shape index (κ3) is 592. The Morgan fingerprint density at radius 1 is 0.750 bits per heavy atom. The Bertz CT molecular complexity index is 276. The lowest BCUT2D eigenvalue weighted by Gasteiger charge is -1.80. The predicted octanol–water partition coefficient (Wildman–Crippen LogP) is 2.50. The molecule has 8 nitrogen and oxygen atoms in total. The summed E-state index contributed by atoms with van der Waals surface area (Å²) >= 11 is 2.99. The van der Waals surface area contributed by atoms with Gasteiger partial charge in [0, 0.05) is 42.0 Å². The predicted molar refractivity (Wildman–Crippen MR) is 125 cm³/mol. The van der Waals surface area contributed by atoms with Gasteiger partial charge in [0.05, 0.1) is 7.11 Å². The van der Waals surface area contributed by atoms with Crippen molar-refractivity contribution in [2.24, 2.45) is 0 Å². The van der Waals surface area contributed by atoms with E-state index in [2.05, 4.69) is 20.1 Å². The smallest absolute Gasteiger partial charge is 0.302 e. The third-order valence-corrected chi connectivity index (χ3v) is 1.50. The van der Waals surface area contributed by atoms with Crippen molar-refractivity contribution in [3.05, 3.63) is 0 Å². The van der Waals surface area contributed by atoms with Crippen molar-refractivity contribution in [3.63, 3.8) is 0 Å². The fraction of sp³-hybridized carbons (Fsp3) is 0.778. The van der Waals surface area contributed by atoms with Crippen LogP contribution in [0.25, 0.3) is 0 Å². The Hall–Kier alpha value is -1.10. The molecule has 0 fully saturated rings. The summed E-state index contributed by atoms with van der Waals surface area (Å²) in [6, 6.07) is 0. The number of carbonyl (C=O) groups is 4. The van der Waals surface area contributed by atoms with Crippen molar-refractivity contribution >= 4 is 46.3 Å². The van der Waals surface area contributed by atoms with Gasteiger partial charge in [-0.3, -0.25) is 14.4 Å². The van der Waals surface area contributed by atoms with E-state index in [-0.39, 0.29) is 22.8 Å². The molecule has 0 spiro atoms. The number of carbonyl (C=O) groups excluding carboxylic acids is 4. The first-order valence-corrected chi connectivity index (χ1v) is 10.8. The van der Waals surface area contributed by atoms with E-state index in [4.69, 9.17) is 0 Å². The average Bonchev–Trinajstić information content (AvgIpc) is 2.57. The second-order valence-electron chi connectivity index (χ2n) is 4.42. The van der Waals surface area contributed by atoms with Crippen molar-refractivity contribution in [2.75, 3.05) is 61.2 Å². The van der Waals surface area contributed by atoms with Gasteiger partial charge in [0.1, 0.15) is 5.78 Å². The maximum atomic E-state index is 9.78. The maximum Gasteiger partial charge on any atom is 0.302 e. The van der Waals surface area contributed by atoms with Gasteiger partial charge in [-0.05, 0) is 46.7 Å². The molecule has 10 heteroatoms. The Labute approximate surface area is 181 Å². The minimum atomic E-state index is -0.245. The van der Waals surface area contributed by atoms with Crippen molar-refractivity contribution < 1.29 is 28.7 Å². The molecule has 0 aromatic heterocycles. The van der Waals surface area contributed by atoms with E-state index in [1.807, 2.05) is 26.6 Å². The number of ether oxygens (including phenoxy) is 2. The lowest BCUT2D eigenvalue weighted by molar-refractivity contribution is -0.138. The summed E-state index contributed by atoms with van der Waals surface area (Å²) < 4.78 is 8.36. The largest absolute Gasteiger partial charge is 0.469 e. The van der Waals surface area contributed by atoms with Crippen LogP contribution in [-0.2, 0) is 28.7 Å². The molecular formula is C18H44N2O6S2. The zero-order valence-corrected chi connectivity index (χ0v) is 21.9. The standard InChI is InChI=1S/C3H7NO.C3H6O2.C3H6OS.C3H6O.C2H7N.C2H6O.C2H6S/c1-3(5)4-2;2*1-3(4)5-2;1-3(2)4;3*1-3-2/h1-2H3,(H,4,5);2*1-2H3;1-2H3;3H,1-2H3;2*1-2H3. The number of hydrogen-bond acceptors (Lipinski definition) is 9. The van der Waals surface area contributed by atoms with Gasteiger partial charge in [-0.2, -0.15) is 11.8 Å². The maximum absolute atomic E-state index is 9.78. The van der Waals surface area contributed by atoms with E-state index < -0.39 is 0 Å². The molecule has 28 heavy (non-hydrogen) atoms. The first kappa shape index (κ1) is 45.6. The molecule has 0 heterocycles. The summed E-state index contributed by atoms with van der Waals surface area (Å²) in [6.45, 7) is 7.44. The molecule has 0 aromatic rings. The fourth-order valence-corrected chi connectivity index (χ4v) is 0. The number of esters is 1. The third-order valence-electron chi connectivity index (χ3n) is 0.927. The molecule has 0 aliphatic carbocycles. The highest BCUT2D eigenvalue weighted by Gasteiger charge is 1.77. The van der Waals surface area contributed by atoms with E-state index >= 15 is 0 Å². The Balaban J connectivity index is -0.0000000372. The molecule has 0 atom stereocenters. The zero-order chi connectivity index (χ0) is 24.6. The van der Waals surface area contributed by atoms with Crippen molar-refractivity contribution in [3.8, 4) is 0 Å². The van der Waals surface area contributed by atoms with E-state index in [1.54, 1.807) is 46.2 Å². The van der Waals surface area contributed by atoms with Crippen LogP contribution < -0.4 is 10.6 Å². The molecule has 0 saturated carbocycles. The highest BCUT2D eigenvalue weighted by atomic mass is 32.2. The molecule has 0 aliphatic rings. The number of amides is 1. The number of Topliss-reactive ketones (excluding diaryl/α,β-unsaturated/α-hetero) is 1. The molecule has 174 valence electrons. The number of thioether (sulfide) groups is 2. The van der Waals surface area contributed by atoms with Crippen LogP contribution in [0.4, 0.5) is 0 Å². The van der Waals surface area contributed by atoms with Gasteiger partial charge in [0.2, 0.25) is 5.91 Å². The topological polar surface area (TPSA) is 111 Å². The molecule has 0 rings (SSSR count). The van der Waals surface area contributed by atoms with Crippen LogP contribution in [0.2, 0.25) is 0 Å².